The molecule has 0 amide bonds. The first-order valence-corrected chi connectivity index (χ1v) is 6.18. The maximum absolute atomic E-state index is 5.76. The molecule has 0 aliphatic heterocycles. The Morgan fingerprint density at radius 2 is 2.12 bits per heavy atom. The molecule has 0 fully saturated rings. The first-order valence-electron chi connectivity index (χ1n) is 6.18. The molecule has 0 aromatic carbocycles. The van der Waals surface area contributed by atoms with Crippen molar-refractivity contribution < 1.29 is 4.74 Å². The Kier molecular flexibility index (Phi) is 5.08. The molecule has 0 bridgehead atoms. The number of nitrogens with one attached hydrogen (secondary N) is 1. The lowest BCUT2D eigenvalue weighted by molar-refractivity contribution is -0.0460. The predicted molar refractivity (Wildman–Crippen MR) is 67.9 cm³/mol. The molecule has 1 unspecified atom stereocenters. The highest BCUT2D eigenvalue weighted by atomic mass is 16.5. The highest BCUT2D eigenvalue weighted by Crippen LogP contribution is 2.25. The van der Waals surface area contributed by atoms with Crippen LogP contribution in [0.5, 0.6) is 0 Å². The number of aryl methyl sites for hydroxylation is 1. The molecule has 0 saturated carbocycles. The van der Waals surface area contributed by atoms with Crippen molar-refractivity contribution in [2.45, 2.75) is 44.8 Å². The van der Waals surface area contributed by atoms with Crippen LogP contribution in [0, 0.1) is 0 Å². The molecule has 1 rings (SSSR count). The number of methoxy groups -OCH3 is 1. The zero-order chi connectivity index (χ0) is 12.9. The van der Waals surface area contributed by atoms with E-state index in [0.717, 1.165) is 25.1 Å². The van der Waals surface area contributed by atoms with Crippen LogP contribution in [0.4, 0.5) is 0 Å². The molecule has 1 heterocycles. The summed E-state index contributed by atoms with van der Waals surface area (Å²) >= 11 is 0. The van der Waals surface area contributed by atoms with Crippen molar-refractivity contribution in [3.8, 4) is 0 Å². The summed E-state index contributed by atoms with van der Waals surface area (Å²) in [5.74, 6) is 0.979. The summed E-state index contributed by atoms with van der Waals surface area (Å²) in [6.45, 7) is 4.32. The summed E-state index contributed by atoms with van der Waals surface area (Å²) in [4.78, 5) is 4.28. The van der Waals surface area contributed by atoms with Gasteiger partial charge in [-0.25, -0.2) is 4.98 Å². The minimum absolute atomic E-state index is 0.138. The van der Waals surface area contributed by atoms with Crippen molar-refractivity contribution in [2.24, 2.45) is 7.05 Å². The molecule has 0 aliphatic rings. The first-order chi connectivity index (χ1) is 8.13. The standard InChI is InChI=1S/C12H24N4O/c1-6-12(7-2,17-5)10(13-3)8-11-14-9-15-16(11)4/h9-10,13H,6-8H2,1-5H3. The van der Waals surface area contributed by atoms with E-state index in [0.29, 0.717) is 0 Å². The van der Waals surface area contributed by atoms with Crippen molar-refractivity contribution in [1.29, 1.82) is 0 Å². The summed E-state index contributed by atoms with van der Waals surface area (Å²) in [5, 5.41) is 7.46. The van der Waals surface area contributed by atoms with E-state index in [2.05, 4.69) is 29.2 Å². The average molecular weight is 240 g/mol. The van der Waals surface area contributed by atoms with Gasteiger partial charge < -0.3 is 10.1 Å². The minimum Gasteiger partial charge on any atom is -0.377 e. The topological polar surface area (TPSA) is 52.0 Å². The number of hydrogen-bond acceptors (Lipinski definition) is 4. The molecular weight excluding hydrogens is 216 g/mol. The van der Waals surface area contributed by atoms with Crippen molar-refractivity contribution in [3.63, 3.8) is 0 Å². The molecule has 1 aromatic rings. The van der Waals surface area contributed by atoms with Crippen LogP contribution in [0.15, 0.2) is 6.33 Å². The second-order valence-corrected chi connectivity index (χ2v) is 4.32. The lowest BCUT2D eigenvalue weighted by atomic mass is 9.86. The van der Waals surface area contributed by atoms with Crippen LogP contribution in [0.1, 0.15) is 32.5 Å². The van der Waals surface area contributed by atoms with Gasteiger partial charge >= 0.3 is 0 Å². The maximum atomic E-state index is 5.76. The van der Waals surface area contributed by atoms with Crippen LogP contribution >= 0.6 is 0 Å². The Labute approximate surface area is 104 Å². The van der Waals surface area contributed by atoms with E-state index in [9.17, 15) is 0 Å². The Bertz CT molecular complexity index is 325. The summed E-state index contributed by atoms with van der Waals surface area (Å²) in [7, 11) is 5.68. The average Bonchev–Trinajstić information content (AvgIpc) is 2.76. The Morgan fingerprint density at radius 3 is 2.47 bits per heavy atom. The summed E-state index contributed by atoms with van der Waals surface area (Å²) < 4.78 is 7.57. The zero-order valence-corrected chi connectivity index (χ0v) is 11.5. The SMILES string of the molecule is CCC(CC)(OC)C(Cc1ncnn1C)NC. The lowest BCUT2D eigenvalue weighted by Gasteiger charge is -2.38. The van der Waals surface area contributed by atoms with E-state index < -0.39 is 0 Å². The lowest BCUT2D eigenvalue weighted by Crippen LogP contribution is -2.51. The summed E-state index contributed by atoms with van der Waals surface area (Å²) in [5.41, 5.74) is -0.138. The Morgan fingerprint density at radius 1 is 1.47 bits per heavy atom. The normalized spacial score (nSPS) is 13.9. The zero-order valence-electron chi connectivity index (χ0n) is 11.5. The molecule has 5 nitrogen and oxygen atoms in total. The Balaban J connectivity index is 2.87. The van der Waals surface area contributed by atoms with Gasteiger partial charge in [0.1, 0.15) is 12.2 Å². The van der Waals surface area contributed by atoms with E-state index in [-0.39, 0.29) is 11.6 Å². The molecule has 0 radical (unpaired) electrons. The van der Waals surface area contributed by atoms with E-state index in [1.54, 1.807) is 13.4 Å². The molecule has 1 N–H and O–H groups in total. The number of rotatable bonds is 7. The minimum atomic E-state index is -0.138. The molecule has 1 atom stereocenters. The van der Waals surface area contributed by atoms with Crippen LogP contribution in [0.25, 0.3) is 0 Å². The van der Waals surface area contributed by atoms with Crippen molar-refractivity contribution in [1.82, 2.24) is 20.1 Å². The third-order valence-corrected chi connectivity index (χ3v) is 3.78. The maximum Gasteiger partial charge on any atom is 0.138 e. The fraction of sp³-hybridized carbons (Fsp3) is 0.833. The van der Waals surface area contributed by atoms with Crippen molar-refractivity contribution >= 4 is 0 Å². The third-order valence-electron chi connectivity index (χ3n) is 3.78. The fourth-order valence-corrected chi connectivity index (χ4v) is 2.41. The molecule has 0 spiro atoms. The molecule has 1 aromatic heterocycles. The second-order valence-electron chi connectivity index (χ2n) is 4.32. The predicted octanol–water partition coefficient (Wildman–Crippen LogP) is 1.15. The summed E-state index contributed by atoms with van der Waals surface area (Å²) in [6, 6.07) is 0.241. The molecule has 0 saturated heterocycles. The summed E-state index contributed by atoms with van der Waals surface area (Å²) in [6.07, 6.45) is 4.36. The smallest absolute Gasteiger partial charge is 0.138 e. The van der Waals surface area contributed by atoms with Gasteiger partial charge in [0.2, 0.25) is 0 Å². The molecule has 98 valence electrons. The van der Waals surface area contributed by atoms with Gasteiger partial charge in [0.15, 0.2) is 0 Å². The number of hydrogen-bond donors (Lipinski definition) is 1. The quantitative estimate of drug-likeness (QED) is 0.777. The number of likely N-dealkylation sites (N-methyl/N-ethyl adjacent to an activating group) is 1. The van der Waals surface area contributed by atoms with Crippen LogP contribution in [-0.4, -0.2) is 40.6 Å². The van der Waals surface area contributed by atoms with Crippen molar-refractivity contribution in [3.05, 3.63) is 12.2 Å². The monoisotopic (exact) mass is 240 g/mol. The third kappa shape index (κ3) is 2.84. The fourth-order valence-electron chi connectivity index (χ4n) is 2.41. The van der Waals surface area contributed by atoms with Crippen LogP contribution in [0.3, 0.4) is 0 Å². The largest absolute Gasteiger partial charge is 0.377 e. The van der Waals surface area contributed by atoms with Gasteiger partial charge in [0, 0.05) is 26.6 Å². The molecule has 17 heavy (non-hydrogen) atoms. The van der Waals surface area contributed by atoms with E-state index in [1.165, 1.54) is 0 Å². The number of aromatic nitrogens is 3. The molecular formula is C12H24N4O. The Hall–Kier alpha value is -0.940. The van der Waals surface area contributed by atoms with E-state index in [1.807, 2.05) is 18.8 Å². The number of nitrogens with zero attached hydrogens (tertiary/aromatic N) is 3. The highest BCUT2D eigenvalue weighted by molar-refractivity contribution is 4.98. The van der Waals surface area contributed by atoms with E-state index >= 15 is 0 Å². The van der Waals surface area contributed by atoms with Gasteiger partial charge in [0.25, 0.3) is 0 Å². The molecule has 5 heteroatoms. The van der Waals surface area contributed by atoms with Crippen LogP contribution in [-0.2, 0) is 18.2 Å². The van der Waals surface area contributed by atoms with Gasteiger partial charge in [0.05, 0.1) is 5.60 Å². The van der Waals surface area contributed by atoms with Gasteiger partial charge in [-0.1, -0.05) is 13.8 Å². The van der Waals surface area contributed by atoms with E-state index in [4.69, 9.17) is 4.74 Å². The molecule has 0 aliphatic carbocycles. The van der Waals surface area contributed by atoms with Crippen molar-refractivity contribution in [2.75, 3.05) is 14.2 Å². The second kappa shape index (κ2) is 6.12. The highest BCUT2D eigenvalue weighted by Gasteiger charge is 2.35. The van der Waals surface area contributed by atoms with Gasteiger partial charge in [-0.2, -0.15) is 5.10 Å². The van der Waals surface area contributed by atoms with Gasteiger partial charge in [-0.3, -0.25) is 4.68 Å². The number of ether oxygens (including phenoxy) is 1. The first kappa shape index (κ1) is 14.1. The van der Waals surface area contributed by atoms with Crippen LogP contribution in [0.2, 0.25) is 0 Å². The van der Waals surface area contributed by atoms with Gasteiger partial charge in [-0.15, -0.1) is 0 Å². The van der Waals surface area contributed by atoms with Crippen LogP contribution < -0.4 is 5.32 Å². The van der Waals surface area contributed by atoms with Gasteiger partial charge in [-0.05, 0) is 19.9 Å².